The molecule has 1 aromatic rings. The van der Waals surface area contributed by atoms with Crippen molar-refractivity contribution >= 4 is 17.8 Å². The summed E-state index contributed by atoms with van der Waals surface area (Å²) >= 11 is 5.97. The highest BCUT2D eigenvalue weighted by molar-refractivity contribution is 6.31. The van der Waals surface area contributed by atoms with Gasteiger partial charge in [-0.1, -0.05) is 30.5 Å². The smallest absolute Gasteiger partial charge is 0.450 e. The molecular weight excluding hydrogens is 247 g/mol. The summed E-state index contributed by atoms with van der Waals surface area (Å²) in [5.41, 5.74) is 1.13. The molecule has 0 aromatic heterocycles. The van der Waals surface area contributed by atoms with Gasteiger partial charge in [0.1, 0.15) is 5.82 Å². The summed E-state index contributed by atoms with van der Waals surface area (Å²) < 4.78 is 12.8. The maximum absolute atomic E-state index is 12.8. The predicted octanol–water partition coefficient (Wildman–Crippen LogP) is 4.36. The summed E-state index contributed by atoms with van der Waals surface area (Å²) in [6, 6.07) is 4.74. The zero-order valence-electron chi connectivity index (χ0n) is 9.20. The second kappa shape index (κ2) is 6.45. The highest BCUT2D eigenvalue weighted by atomic mass is 35.5. The van der Waals surface area contributed by atoms with Crippen LogP contribution in [0.15, 0.2) is 18.2 Å². The van der Waals surface area contributed by atoms with Gasteiger partial charge in [-0.05, 0) is 36.5 Å². The van der Waals surface area contributed by atoms with E-state index in [1.54, 1.807) is 0 Å². The minimum absolute atomic E-state index is 0.244. The fraction of sp³-hybridized carbons (Fsp3) is 0.417. The van der Waals surface area contributed by atoms with Crippen molar-refractivity contribution in [1.29, 1.82) is 0 Å². The van der Waals surface area contributed by atoms with Crippen LogP contribution in [0.3, 0.4) is 0 Å². The lowest BCUT2D eigenvalue weighted by Crippen LogP contribution is -1.93. The van der Waals surface area contributed by atoms with Crippen LogP contribution in [0.2, 0.25) is 5.02 Å². The van der Waals surface area contributed by atoms with Crippen molar-refractivity contribution in [2.45, 2.75) is 31.6 Å². The summed E-state index contributed by atoms with van der Waals surface area (Å²) in [6.07, 6.45) is 3.12. The Morgan fingerprint density at radius 3 is 2.29 bits per heavy atom. The molecule has 1 aromatic carbocycles. The molecule has 0 saturated heterocycles. The molecule has 0 radical (unpaired) electrons. The first-order valence-corrected chi connectivity index (χ1v) is 5.75. The van der Waals surface area contributed by atoms with Crippen molar-refractivity contribution in [2.75, 3.05) is 0 Å². The van der Waals surface area contributed by atoms with E-state index in [4.69, 9.17) is 26.6 Å². The Morgan fingerprint density at radius 2 is 1.82 bits per heavy atom. The second-order valence-corrected chi connectivity index (χ2v) is 4.34. The third kappa shape index (κ3) is 4.61. The van der Waals surface area contributed by atoms with Gasteiger partial charge in [0.2, 0.25) is 0 Å². The molecule has 1 saturated carbocycles. The van der Waals surface area contributed by atoms with Crippen LogP contribution in [0.1, 0.15) is 37.2 Å². The Labute approximate surface area is 104 Å². The lowest BCUT2D eigenvalue weighted by molar-refractivity contribution is 0.137. The van der Waals surface area contributed by atoms with E-state index in [2.05, 4.69) is 0 Å². The molecule has 0 bridgehead atoms. The molecule has 1 fully saturated rings. The molecule has 5 heteroatoms. The van der Waals surface area contributed by atoms with Gasteiger partial charge in [-0.3, -0.25) is 0 Å². The molecule has 1 aliphatic carbocycles. The van der Waals surface area contributed by atoms with Gasteiger partial charge >= 0.3 is 6.16 Å². The predicted molar refractivity (Wildman–Crippen MR) is 63.3 cm³/mol. The van der Waals surface area contributed by atoms with Gasteiger partial charge in [0.15, 0.2) is 0 Å². The van der Waals surface area contributed by atoms with Gasteiger partial charge in [-0.2, -0.15) is 0 Å². The minimum Gasteiger partial charge on any atom is -0.450 e. The molecule has 0 amide bonds. The average molecular weight is 261 g/mol. The summed E-state index contributed by atoms with van der Waals surface area (Å²) in [7, 11) is 0. The van der Waals surface area contributed by atoms with Crippen molar-refractivity contribution in [1.82, 2.24) is 0 Å². The molecule has 0 atom stereocenters. The summed E-state index contributed by atoms with van der Waals surface area (Å²) in [4.78, 5) is 8.56. The molecule has 0 heterocycles. The van der Waals surface area contributed by atoms with Crippen LogP contribution >= 0.6 is 11.6 Å². The summed E-state index contributed by atoms with van der Waals surface area (Å²) in [5.74, 6) is 0.319. The highest BCUT2D eigenvalue weighted by Crippen LogP contribution is 2.37. The molecule has 17 heavy (non-hydrogen) atoms. The largest absolute Gasteiger partial charge is 0.503 e. The lowest BCUT2D eigenvalue weighted by Gasteiger charge is -2.10. The number of hydrogen-bond donors (Lipinski definition) is 2. The van der Waals surface area contributed by atoms with E-state index < -0.39 is 6.16 Å². The maximum Gasteiger partial charge on any atom is 0.503 e. The number of carboxylic acid groups (broad SMARTS) is 2. The minimum atomic E-state index is -1.83. The van der Waals surface area contributed by atoms with Crippen LogP contribution in [0.5, 0.6) is 0 Å². The normalized spacial score (nSPS) is 15.2. The van der Waals surface area contributed by atoms with Gasteiger partial charge in [-0.25, -0.2) is 9.18 Å². The van der Waals surface area contributed by atoms with E-state index >= 15 is 0 Å². The van der Waals surface area contributed by atoms with Gasteiger partial charge in [0.25, 0.3) is 0 Å². The maximum atomic E-state index is 12.8. The molecule has 2 N–H and O–H groups in total. The molecule has 0 aliphatic heterocycles. The van der Waals surface area contributed by atoms with E-state index in [-0.39, 0.29) is 5.82 Å². The summed E-state index contributed by atoms with van der Waals surface area (Å²) in [5, 5.41) is 14.5. The number of halogens is 2. The topological polar surface area (TPSA) is 57.5 Å². The van der Waals surface area contributed by atoms with Gasteiger partial charge in [0.05, 0.1) is 0 Å². The molecule has 0 spiro atoms. The average Bonchev–Trinajstić information content (AvgIpc) is 2.69. The third-order valence-corrected chi connectivity index (χ3v) is 3.08. The fourth-order valence-electron chi connectivity index (χ4n) is 2.07. The van der Waals surface area contributed by atoms with E-state index in [1.165, 1.54) is 37.8 Å². The van der Waals surface area contributed by atoms with Crippen molar-refractivity contribution in [3.63, 3.8) is 0 Å². The standard InChI is InChI=1S/C11H12ClF.CH2O3/c12-11-7-9(13)5-6-10(11)8-3-1-2-4-8;2-1(3)4/h5-8H,1-4H2;(H2,2,3,4). The number of hydrogen-bond acceptors (Lipinski definition) is 1. The van der Waals surface area contributed by atoms with Crippen molar-refractivity contribution < 1.29 is 19.4 Å². The number of carbonyl (C=O) groups is 1. The third-order valence-electron chi connectivity index (χ3n) is 2.76. The van der Waals surface area contributed by atoms with Crippen LogP contribution in [-0.4, -0.2) is 16.4 Å². The number of benzene rings is 1. The first-order valence-electron chi connectivity index (χ1n) is 5.37. The van der Waals surface area contributed by atoms with Crippen molar-refractivity contribution in [3.8, 4) is 0 Å². The van der Waals surface area contributed by atoms with Crippen LogP contribution < -0.4 is 0 Å². The van der Waals surface area contributed by atoms with E-state index in [9.17, 15) is 4.39 Å². The van der Waals surface area contributed by atoms with E-state index in [0.717, 1.165) is 5.56 Å². The van der Waals surface area contributed by atoms with Crippen molar-refractivity contribution in [2.24, 2.45) is 0 Å². The lowest BCUT2D eigenvalue weighted by atomic mass is 9.98. The summed E-state index contributed by atoms with van der Waals surface area (Å²) in [6.45, 7) is 0. The van der Waals surface area contributed by atoms with Gasteiger partial charge < -0.3 is 10.2 Å². The Bertz CT molecular complexity index is 385. The molecule has 94 valence electrons. The molecular formula is C12H14ClFO3. The van der Waals surface area contributed by atoms with Gasteiger partial charge in [-0.15, -0.1) is 0 Å². The first-order chi connectivity index (χ1) is 8.00. The molecule has 2 rings (SSSR count). The number of rotatable bonds is 1. The van der Waals surface area contributed by atoms with E-state index in [1.807, 2.05) is 6.07 Å². The van der Waals surface area contributed by atoms with Crippen LogP contribution in [-0.2, 0) is 0 Å². The van der Waals surface area contributed by atoms with Crippen molar-refractivity contribution in [3.05, 3.63) is 34.6 Å². The highest BCUT2D eigenvalue weighted by Gasteiger charge is 2.19. The fourth-order valence-corrected chi connectivity index (χ4v) is 2.39. The van der Waals surface area contributed by atoms with E-state index in [0.29, 0.717) is 10.9 Å². The monoisotopic (exact) mass is 260 g/mol. The molecule has 0 unspecified atom stereocenters. The Kier molecular flexibility index (Phi) is 5.22. The second-order valence-electron chi connectivity index (χ2n) is 3.93. The Balaban J connectivity index is 0.000000317. The quantitative estimate of drug-likeness (QED) is 0.789. The molecule has 1 aliphatic rings. The Hall–Kier alpha value is -1.29. The van der Waals surface area contributed by atoms with Gasteiger partial charge in [0, 0.05) is 5.02 Å². The SMILES string of the molecule is Fc1ccc(C2CCCC2)c(Cl)c1.O=C(O)O. The van der Waals surface area contributed by atoms with Crippen LogP contribution in [0, 0.1) is 5.82 Å². The molecule has 3 nitrogen and oxygen atoms in total. The van der Waals surface area contributed by atoms with Crippen LogP contribution in [0.4, 0.5) is 9.18 Å². The van der Waals surface area contributed by atoms with Crippen LogP contribution in [0.25, 0.3) is 0 Å². The first kappa shape index (κ1) is 13.8. The zero-order chi connectivity index (χ0) is 12.8. The zero-order valence-corrected chi connectivity index (χ0v) is 9.95. The Morgan fingerprint density at radius 1 is 1.29 bits per heavy atom.